The fourth-order valence-corrected chi connectivity index (χ4v) is 3.88. The molecule has 3 aromatic rings. The Hall–Kier alpha value is -2.99. The molecule has 6 nitrogen and oxygen atoms in total. The van der Waals surface area contributed by atoms with Gasteiger partial charge in [-0.3, -0.25) is 4.79 Å². The molecule has 0 radical (unpaired) electrons. The maximum Gasteiger partial charge on any atom is 0.229 e. The molecule has 0 fully saturated rings. The molecule has 154 valence electrons. The average molecular weight is 422 g/mol. The highest BCUT2D eigenvalue weighted by Gasteiger charge is 2.40. The van der Waals surface area contributed by atoms with Crippen LogP contribution < -0.4 is 5.32 Å². The first kappa shape index (κ1) is 20.3. The molecule has 0 saturated carbocycles. The van der Waals surface area contributed by atoms with Crippen LogP contribution in [0.25, 0.3) is 11.4 Å². The molecule has 30 heavy (non-hydrogen) atoms. The van der Waals surface area contributed by atoms with Crippen LogP contribution in [0.1, 0.15) is 30.9 Å². The van der Waals surface area contributed by atoms with Gasteiger partial charge in [-0.05, 0) is 41.7 Å². The minimum Gasteiger partial charge on any atom is -0.351 e. The first-order valence-corrected chi connectivity index (χ1v) is 10.5. The summed E-state index contributed by atoms with van der Waals surface area (Å²) in [6.07, 6.45) is 6.35. The summed E-state index contributed by atoms with van der Waals surface area (Å²) in [7, 11) is 0. The Morgan fingerprint density at radius 3 is 2.57 bits per heavy atom. The zero-order chi connectivity index (χ0) is 21.0. The molecular weight excluding hydrogens is 398 g/mol. The van der Waals surface area contributed by atoms with E-state index < -0.39 is 5.41 Å². The Bertz CT molecular complexity index is 1050. The number of carbonyl (C=O) groups is 1. The van der Waals surface area contributed by atoms with Crippen LogP contribution >= 0.6 is 11.6 Å². The molecule has 1 N–H and O–H groups in total. The maximum atomic E-state index is 13.1. The average Bonchev–Trinajstić information content (AvgIpc) is 3.44. The second-order valence-electron chi connectivity index (χ2n) is 7.63. The van der Waals surface area contributed by atoms with Gasteiger partial charge in [0.1, 0.15) is 0 Å². The number of halogens is 1. The lowest BCUT2D eigenvalue weighted by Crippen LogP contribution is -2.42. The quantitative estimate of drug-likeness (QED) is 0.580. The summed E-state index contributed by atoms with van der Waals surface area (Å²) in [5.41, 5.74) is 2.45. The van der Waals surface area contributed by atoms with Gasteiger partial charge in [0.2, 0.25) is 11.7 Å². The number of amides is 1. The highest BCUT2D eigenvalue weighted by atomic mass is 35.5. The molecule has 1 aliphatic carbocycles. The van der Waals surface area contributed by atoms with E-state index in [2.05, 4.69) is 39.8 Å². The molecule has 2 aromatic carbocycles. The Balaban J connectivity index is 1.47. The molecule has 4 rings (SSSR count). The summed E-state index contributed by atoms with van der Waals surface area (Å²) in [4.78, 5) is 14.7. The van der Waals surface area contributed by atoms with Crippen LogP contribution in [0.15, 0.2) is 60.7 Å². The minimum absolute atomic E-state index is 0.0291. The van der Waals surface area contributed by atoms with Crippen molar-refractivity contribution in [2.45, 2.75) is 39.3 Å². The third-order valence-electron chi connectivity index (χ3n) is 5.58. The SMILES string of the molecule is CCc1ccc(-c2nnn(CC3(C(=O)NCc4ccccc4Cl)CC=CC3)n2)cc1. The number of hydrogen-bond donors (Lipinski definition) is 1. The molecule has 0 bridgehead atoms. The normalized spacial score (nSPS) is 14.7. The standard InChI is InChI=1S/C23H24ClN5O/c1-2-17-9-11-18(12-10-17)21-26-28-29(27-21)16-23(13-5-6-14-23)22(30)25-15-19-7-3-4-8-20(19)24/h3-12H,2,13-16H2,1H3,(H,25,30). The lowest BCUT2D eigenvalue weighted by atomic mass is 9.84. The minimum atomic E-state index is -0.620. The fraction of sp³-hybridized carbons (Fsp3) is 0.304. The summed E-state index contributed by atoms with van der Waals surface area (Å²) in [5.74, 6) is 0.536. The maximum absolute atomic E-state index is 13.1. The molecular formula is C23H24ClN5O. The summed E-state index contributed by atoms with van der Waals surface area (Å²) in [6, 6.07) is 15.7. The third kappa shape index (κ3) is 4.28. The first-order chi connectivity index (χ1) is 14.6. The first-order valence-electron chi connectivity index (χ1n) is 10.1. The van der Waals surface area contributed by atoms with E-state index in [0.717, 1.165) is 17.5 Å². The predicted molar refractivity (Wildman–Crippen MR) is 117 cm³/mol. The van der Waals surface area contributed by atoms with Gasteiger partial charge in [0.05, 0.1) is 12.0 Å². The highest BCUT2D eigenvalue weighted by Crippen LogP contribution is 2.35. The van der Waals surface area contributed by atoms with Crippen LogP contribution in [-0.4, -0.2) is 26.1 Å². The Kier molecular flexibility index (Phi) is 5.95. The van der Waals surface area contributed by atoms with Gasteiger partial charge >= 0.3 is 0 Å². The molecule has 0 saturated heterocycles. The Labute approximate surface area is 180 Å². The Morgan fingerprint density at radius 2 is 1.87 bits per heavy atom. The number of aromatic nitrogens is 4. The number of nitrogens with zero attached hydrogens (tertiary/aromatic N) is 4. The third-order valence-corrected chi connectivity index (χ3v) is 5.95. The lowest BCUT2D eigenvalue weighted by molar-refractivity contribution is -0.131. The summed E-state index contributed by atoms with van der Waals surface area (Å²) >= 11 is 6.22. The van der Waals surface area contributed by atoms with Crippen molar-refractivity contribution in [3.63, 3.8) is 0 Å². The van der Waals surface area contributed by atoms with E-state index in [4.69, 9.17) is 11.6 Å². The molecule has 1 amide bonds. The summed E-state index contributed by atoms with van der Waals surface area (Å²) in [6.45, 7) is 2.88. The molecule has 0 unspecified atom stereocenters. The van der Waals surface area contributed by atoms with E-state index in [9.17, 15) is 4.79 Å². The van der Waals surface area contributed by atoms with Crippen LogP contribution in [0.5, 0.6) is 0 Å². The van der Waals surface area contributed by atoms with E-state index in [0.29, 0.717) is 36.8 Å². The van der Waals surface area contributed by atoms with Crippen LogP contribution in [0, 0.1) is 5.41 Å². The van der Waals surface area contributed by atoms with Crippen molar-refractivity contribution in [2.75, 3.05) is 0 Å². The van der Waals surface area contributed by atoms with Gasteiger partial charge in [-0.1, -0.05) is 73.1 Å². The van der Waals surface area contributed by atoms with Crippen molar-refractivity contribution in [3.8, 4) is 11.4 Å². The number of carbonyl (C=O) groups excluding carboxylic acids is 1. The van der Waals surface area contributed by atoms with Gasteiger partial charge in [-0.15, -0.1) is 10.2 Å². The smallest absolute Gasteiger partial charge is 0.229 e. The van der Waals surface area contributed by atoms with Crippen molar-refractivity contribution in [1.82, 2.24) is 25.5 Å². The fourth-order valence-electron chi connectivity index (χ4n) is 3.68. The highest BCUT2D eigenvalue weighted by molar-refractivity contribution is 6.31. The van der Waals surface area contributed by atoms with E-state index in [1.54, 1.807) is 0 Å². The molecule has 0 atom stereocenters. The van der Waals surface area contributed by atoms with Gasteiger partial charge in [0.15, 0.2) is 0 Å². The number of hydrogen-bond acceptors (Lipinski definition) is 4. The Morgan fingerprint density at radius 1 is 1.13 bits per heavy atom. The number of allylic oxidation sites excluding steroid dienone is 2. The second kappa shape index (κ2) is 8.79. The van der Waals surface area contributed by atoms with Crippen LogP contribution in [0.4, 0.5) is 0 Å². The second-order valence-corrected chi connectivity index (χ2v) is 8.04. The number of tetrazole rings is 1. The molecule has 1 heterocycles. The van der Waals surface area contributed by atoms with Gasteiger partial charge in [0, 0.05) is 17.1 Å². The monoisotopic (exact) mass is 421 g/mol. The lowest BCUT2D eigenvalue weighted by Gasteiger charge is -2.26. The molecule has 1 aliphatic rings. The van der Waals surface area contributed by atoms with E-state index >= 15 is 0 Å². The van der Waals surface area contributed by atoms with Crippen molar-refractivity contribution < 1.29 is 4.79 Å². The largest absolute Gasteiger partial charge is 0.351 e. The van der Waals surface area contributed by atoms with E-state index in [-0.39, 0.29) is 5.91 Å². The van der Waals surface area contributed by atoms with E-state index in [1.165, 1.54) is 10.4 Å². The van der Waals surface area contributed by atoms with Crippen molar-refractivity contribution in [1.29, 1.82) is 0 Å². The zero-order valence-electron chi connectivity index (χ0n) is 16.9. The van der Waals surface area contributed by atoms with Crippen LogP contribution in [0.3, 0.4) is 0 Å². The van der Waals surface area contributed by atoms with Gasteiger partial charge < -0.3 is 5.32 Å². The summed E-state index contributed by atoms with van der Waals surface area (Å²) < 4.78 is 0. The van der Waals surface area contributed by atoms with Crippen molar-refractivity contribution in [2.24, 2.45) is 5.41 Å². The van der Waals surface area contributed by atoms with Crippen molar-refractivity contribution >= 4 is 17.5 Å². The van der Waals surface area contributed by atoms with Gasteiger partial charge in [-0.25, -0.2) is 0 Å². The number of aryl methyl sites for hydroxylation is 1. The van der Waals surface area contributed by atoms with Crippen molar-refractivity contribution in [3.05, 3.63) is 76.8 Å². The van der Waals surface area contributed by atoms with Gasteiger partial charge in [0.25, 0.3) is 0 Å². The van der Waals surface area contributed by atoms with Gasteiger partial charge in [-0.2, -0.15) is 4.80 Å². The number of rotatable bonds is 7. The molecule has 7 heteroatoms. The molecule has 0 aliphatic heterocycles. The van der Waals surface area contributed by atoms with Crippen LogP contribution in [-0.2, 0) is 24.3 Å². The molecule has 1 aromatic heterocycles. The molecule has 0 spiro atoms. The zero-order valence-corrected chi connectivity index (χ0v) is 17.6. The van der Waals surface area contributed by atoms with E-state index in [1.807, 2.05) is 48.6 Å². The predicted octanol–water partition coefficient (Wildman–Crippen LogP) is 4.21. The van der Waals surface area contributed by atoms with Crippen LogP contribution in [0.2, 0.25) is 5.02 Å². The topological polar surface area (TPSA) is 72.7 Å². The number of benzene rings is 2. The number of nitrogens with one attached hydrogen (secondary N) is 1. The summed E-state index contributed by atoms with van der Waals surface area (Å²) in [5, 5.41) is 16.6.